The summed E-state index contributed by atoms with van der Waals surface area (Å²) in [7, 11) is 1.67. The van der Waals surface area contributed by atoms with E-state index in [1.807, 2.05) is 0 Å². The van der Waals surface area contributed by atoms with Gasteiger partial charge < -0.3 is 15.8 Å². The Morgan fingerprint density at radius 2 is 2.00 bits per heavy atom. The molecule has 0 aliphatic carbocycles. The van der Waals surface area contributed by atoms with Crippen molar-refractivity contribution in [3.63, 3.8) is 0 Å². The molecule has 0 amide bonds. The Labute approximate surface area is 109 Å². The molecule has 1 aromatic carbocycles. The van der Waals surface area contributed by atoms with Crippen molar-refractivity contribution in [3.05, 3.63) is 29.8 Å². The molecule has 1 rings (SSSR count). The third kappa shape index (κ3) is 4.69. The van der Waals surface area contributed by atoms with E-state index in [-0.39, 0.29) is 18.8 Å². The number of amidine groups is 1. The first-order valence-corrected chi connectivity index (χ1v) is 5.70. The molecular formula is C12H16F3N3O. The van der Waals surface area contributed by atoms with Crippen LogP contribution in [0.4, 0.5) is 18.9 Å². The van der Waals surface area contributed by atoms with Crippen molar-refractivity contribution in [3.8, 4) is 0 Å². The Bertz CT molecular complexity index is 446. The smallest absolute Gasteiger partial charge is 0.389 e. The molecule has 3 N–H and O–H groups in total. The van der Waals surface area contributed by atoms with Crippen molar-refractivity contribution < 1.29 is 18.4 Å². The highest BCUT2D eigenvalue weighted by molar-refractivity contribution is 6.02. The molecule has 0 unspecified atom stereocenters. The van der Waals surface area contributed by atoms with Crippen LogP contribution in [0.15, 0.2) is 29.4 Å². The molecule has 106 valence electrons. The van der Waals surface area contributed by atoms with E-state index >= 15 is 0 Å². The van der Waals surface area contributed by atoms with Gasteiger partial charge in [0.15, 0.2) is 5.84 Å². The van der Waals surface area contributed by atoms with E-state index in [2.05, 4.69) is 5.16 Å². The highest BCUT2D eigenvalue weighted by Crippen LogP contribution is 2.23. The largest absolute Gasteiger partial charge is 0.409 e. The van der Waals surface area contributed by atoms with Crippen LogP contribution in [0.3, 0.4) is 0 Å². The van der Waals surface area contributed by atoms with E-state index in [4.69, 9.17) is 10.9 Å². The summed E-state index contributed by atoms with van der Waals surface area (Å²) in [6, 6.07) is 6.80. The average molecular weight is 275 g/mol. The summed E-state index contributed by atoms with van der Waals surface area (Å²) in [5.41, 5.74) is 6.63. The molecular weight excluding hydrogens is 259 g/mol. The van der Waals surface area contributed by atoms with E-state index < -0.39 is 12.6 Å². The molecule has 0 radical (unpaired) electrons. The van der Waals surface area contributed by atoms with Crippen LogP contribution in [-0.2, 0) is 0 Å². The second-order valence-electron chi connectivity index (χ2n) is 4.14. The minimum Gasteiger partial charge on any atom is -0.409 e. The molecule has 0 atom stereocenters. The van der Waals surface area contributed by atoms with Gasteiger partial charge in [0, 0.05) is 31.3 Å². The van der Waals surface area contributed by atoms with E-state index in [1.165, 1.54) is 0 Å². The molecule has 0 aromatic heterocycles. The predicted octanol–water partition coefficient (Wildman–Crippen LogP) is 2.56. The Balaban J connectivity index is 2.74. The molecule has 0 fully saturated rings. The molecule has 0 spiro atoms. The van der Waals surface area contributed by atoms with Gasteiger partial charge in [-0.05, 0) is 18.6 Å². The van der Waals surface area contributed by atoms with Crippen LogP contribution >= 0.6 is 0 Å². The van der Waals surface area contributed by atoms with Crippen LogP contribution < -0.4 is 10.6 Å². The molecule has 19 heavy (non-hydrogen) atoms. The van der Waals surface area contributed by atoms with Crippen LogP contribution in [0.1, 0.15) is 18.4 Å². The first-order chi connectivity index (χ1) is 8.85. The summed E-state index contributed by atoms with van der Waals surface area (Å²) in [6.07, 6.45) is -4.99. The Kier molecular flexibility index (Phi) is 5.02. The van der Waals surface area contributed by atoms with Crippen LogP contribution in [0.5, 0.6) is 0 Å². The van der Waals surface area contributed by atoms with Crippen molar-refractivity contribution in [1.29, 1.82) is 0 Å². The zero-order valence-electron chi connectivity index (χ0n) is 10.5. The molecule has 0 heterocycles. The van der Waals surface area contributed by atoms with Gasteiger partial charge in [0.25, 0.3) is 0 Å². The third-order valence-corrected chi connectivity index (χ3v) is 2.65. The van der Waals surface area contributed by atoms with Gasteiger partial charge in [-0.1, -0.05) is 17.3 Å². The van der Waals surface area contributed by atoms with Gasteiger partial charge in [-0.2, -0.15) is 13.2 Å². The fourth-order valence-corrected chi connectivity index (χ4v) is 1.71. The number of rotatable bonds is 5. The minimum absolute atomic E-state index is 0.00942. The van der Waals surface area contributed by atoms with Crippen molar-refractivity contribution >= 4 is 11.5 Å². The molecule has 1 aromatic rings. The lowest BCUT2D eigenvalue weighted by Gasteiger charge is -2.22. The lowest BCUT2D eigenvalue weighted by molar-refractivity contribution is -0.135. The number of para-hydroxylation sites is 1. The first-order valence-electron chi connectivity index (χ1n) is 5.70. The lowest BCUT2D eigenvalue weighted by Crippen LogP contribution is -2.24. The Morgan fingerprint density at radius 1 is 1.37 bits per heavy atom. The maximum Gasteiger partial charge on any atom is 0.389 e. The Morgan fingerprint density at radius 3 is 2.58 bits per heavy atom. The van der Waals surface area contributed by atoms with Gasteiger partial charge in [-0.25, -0.2) is 0 Å². The number of nitrogens with zero attached hydrogens (tertiary/aromatic N) is 2. The summed E-state index contributed by atoms with van der Waals surface area (Å²) in [5.74, 6) is -0.0710. The normalized spacial score (nSPS) is 12.5. The fourth-order valence-electron chi connectivity index (χ4n) is 1.71. The van der Waals surface area contributed by atoms with E-state index in [9.17, 15) is 13.2 Å². The number of halogens is 3. The molecule has 0 aliphatic heterocycles. The number of nitrogens with two attached hydrogens (primary N) is 1. The fraction of sp³-hybridized carbons (Fsp3) is 0.417. The van der Waals surface area contributed by atoms with Gasteiger partial charge in [0.05, 0.1) is 0 Å². The van der Waals surface area contributed by atoms with Crippen molar-refractivity contribution in [2.24, 2.45) is 10.9 Å². The molecule has 7 heteroatoms. The minimum atomic E-state index is -4.15. The van der Waals surface area contributed by atoms with Gasteiger partial charge >= 0.3 is 6.18 Å². The third-order valence-electron chi connectivity index (χ3n) is 2.65. The molecule has 0 aliphatic rings. The monoisotopic (exact) mass is 275 g/mol. The van der Waals surface area contributed by atoms with Gasteiger partial charge in [0.1, 0.15) is 0 Å². The van der Waals surface area contributed by atoms with Crippen LogP contribution in [-0.4, -0.2) is 30.8 Å². The molecule has 0 saturated carbocycles. The highest BCUT2D eigenvalue weighted by Gasteiger charge is 2.26. The van der Waals surface area contributed by atoms with E-state index in [1.54, 1.807) is 36.2 Å². The Hall–Kier alpha value is -1.92. The second-order valence-corrected chi connectivity index (χ2v) is 4.14. The number of anilines is 1. The summed E-state index contributed by atoms with van der Waals surface area (Å²) in [4.78, 5) is 1.65. The van der Waals surface area contributed by atoms with Crippen molar-refractivity contribution in [1.82, 2.24) is 0 Å². The second kappa shape index (κ2) is 6.31. The summed E-state index contributed by atoms with van der Waals surface area (Å²) < 4.78 is 36.2. The summed E-state index contributed by atoms with van der Waals surface area (Å²) in [6.45, 7) is 0.231. The number of hydrogen-bond donors (Lipinski definition) is 2. The maximum absolute atomic E-state index is 12.1. The van der Waals surface area contributed by atoms with E-state index in [0.717, 1.165) is 0 Å². The van der Waals surface area contributed by atoms with Crippen LogP contribution in [0.2, 0.25) is 0 Å². The van der Waals surface area contributed by atoms with Gasteiger partial charge in [-0.3, -0.25) is 0 Å². The van der Waals surface area contributed by atoms with Gasteiger partial charge in [0.2, 0.25) is 0 Å². The SMILES string of the molecule is CN(CCCC(F)(F)F)c1ccccc1/C(N)=N/O. The van der Waals surface area contributed by atoms with Crippen LogP contribution in [0, 0.1) is 0 Å². The van der Waals surface area contributed by atoms with Crippen LogP contribution in [0.25, 0.3) is 0 Å². The zero-order valence-corrected chi connectivity index (χ0v) is 10.5. The number of oxime groups is 1. The van der Waals surface area contributed by atoms with Crippen molar-refractivity contribution in [2.45, 2.75) is 19.0 Å². The average Bonchev–Trinajstić information content (AvgIpc) is 2.36. The first kappa shape index (κ1) is 15.1. The highest BCUT2D eigenvalue weighted by atomic mass is 19.4. The van der Waals surface area contributed by atoms with Crippen molar-refractivity contribution in [2.75, 3.05) is 18.5 Å². The number of benzene rings is 1. The summed E-state index contributed by atoms with van der Waals surface area (Å²) in [5, 5.41) is 11.6. The summed E-state index contributed by atoms with van der Waals surface area (Å²) >= 11 is 0. The molecule has 0 saturated heterocycles. The maximum atomic E-state index is 12.1. The standard InChI is InChI=1S/C12H16F3N3O/c1-18(8-4-7-12(13,14)15)10-6-3-2-5-9(10)11(16)17-19/h2-3,5-6,19H,4,7-8H2,1H3,(H2,16,17). The molecule has 4 nitrogen and oxygen atoms in total. The topological polar surface area (TPSA) is 61.8 Å². The zero-order chi connectivity index (χ0) is 14.5. The quantitative estimate of drug-likeness (QED) is 0.376. The van der Waals surface area contributed by atoms with E-state index in [0.29, 0.717) is 11.3 Å². The van der Waals surface area contributed by atoms with Gasteiger partial charge in [-0.15, -0.1) is 0 Å². The number of alkyl halides is 3. The predicted molar refractivity (Wildman–Crippen MR) is 67.5 cm³/mol. The molecule has 0 bridgehead atoms. The number of hydrogen-bond acceptors (Lipinski definition) is 3. The lowest BCUT2D eigenvalue weighted by atomic mass is 10.1.